The highest BCUT2D eigenvalue weighted by molar-refractivity contribution is 4.70. The lowest BCUT2D eigenvalue weighted by atomic mass is 9.97. The monoisotopic (exact) mass is 228 g/mol. The van der Waals surface area contributed by atoms with Crippen molar-refractivity contribution in [1.82, 2.24) is 10.2 Å². The van der Waals surface area contributed by atoms with Gasteiger partial charge in [-0.1, -0.05) is 27.7 Å². The molecule has 1 saturated heterocycles. The van der Waals surface area contributed by atoms with E-state index in [2.05, 4.69) is 37.9 Å². The molecule has 1 atom stereocenters. The Bertz CT molecular complexity index is 183. The van der Waals surface area contributed by atoms with E-state index in [9.17, 15) is 0 Å². The molecule has 1 aliphatic rings. The fourth-order valence-corrected chi connectivity index (χ4v) is 1.98. The minimum Gasteiger partial charge on any atom is -0.379 e. The van der Waals surface area contributed by atoms with E-state index in [0.29, 0.717) is 5.41 Å². The van der Waals surface area contributed by atoms with E-state index in [0.717, 1.165) is 45.3 Å². The summed E-state index contributed by atoms with van der Waals surface area (Å²) in [5, 5.41) is 3.56. The second-order valence-electron chi connectivity index (χ2n) is 6.21. The third-order valence-corrected chi connectivity index (χ3v) is 2.82. The van der Waals surface area contributed by atoms with Gasteiger partial charge in [-0.2, -0.15) is 0 Å². The van der Waals surface area contributed by atoms with Crippen LogP contribution in [0.25, 0.3) is 0 Å². The number of nitrogens with zero attached hydrogens (tertiary/aromatic N) is 1. The molecule has 3 nitrogen and oxygen atoms in total. The Balaban J connectivity index is 2.08. The average molecular weight is 228 g/mol. The van der Waals surface area contributed by atoms with E-state index < -0.39 is 0 Å². The lowest BCUT2D eigenvalue weighted by Crippen LogP contribution is -2.41. The third kappa shape index (κ3) is 6.46. The molecule has 0 saturated carbocycles. The zero-order valence-corrected chi connectivity index (χ0v) is 11.4. The van der Waals surface area contributed by atoms with Gasteiger partial charge in [0, 0.05) is 19.6 Å². The van der Waals surface area contributed by atoms with Crippen LogP contribution in [0.2, 0.25) is 0 Å². The molecule has 0 aliphatic carbocycles. The largest absolute Gasteiger partial charge is 0.379 e. The second kappa shape index (κ2) is 6.58. The molecule has 1 fully saturated rings. The standard InChI is InChI=1S/C13H28N2O/c1-12(9-14-11-13(2,3)4)10-15-5-7-16-8-6-15/h12,14H,5-11H2,1-4H3. The fraction of sp³-hybridized carbons (Fsp3) is 1.00. The van der Waals surface area contributed by atoms with Crippen LogP contribution in [0.15, 0.2) is 0 Å². The number of rotatable bonds is 5. The molecule has 1 unspecified atom stereocenters. The third-order valence-electron chi connectivity index (χ3n) is 2.82. The van der Waals surface area contributed by atoms with Gasteiger partial charge >= 0.3 is 0 Å². The molecule has 96 valence electrons. The van der Waals surface area contributed by atoms with Crippen LogP contribution in [0.1, 0.15) is 27.7 Å². The molecule has 1 rings (SSSR count). The molecule has 3 heteroatoms. The maximum Gasteiger partial charge on any atom is 0.0594 e. The number of nitrogens with one attached hydrogen (secondary N) is 1. The molecular formula is C13H28N2O. The molecule has 1 aliphatic heterocycles. The van der Waals surface area contributed by atoms with Gasteiger partial charge in [0.05, 0.1) is 13.2 Å². The molecule has 16 heavy (non-hydrogen) atoms. The molecule has 0 radical (unpaired) electrons. The molecule has 1 N–H and O–H groups in total. The molecule has 0 aromatic rings. The Hall–Kier alpha value is -0.120. The van der Waals surface area contributed by atoms with E-state index in [1.165, 1.54) is 6.54 Å². The van der Waals surface area contributed by atoms with Crippen LogP contribution in [-0.4, -0.2) is 50.8 Å². The van der Waals surface area contributed by atoms with Gasteiger partial charge in [0.25, 0.3) is 0 Å². The summed E-state index contributed by atoms with van der Waals surface area (Å²) in [6, 6.07) is 0. The van der Waals surface area contributed by atoms with Gasteiger partial charge in [0.2, 0.25) is 0 Å². The molecule has 0 amide bonds. The molecule has 0 aromatic carbocycles. The molecule has 0 aromatic heterocycles. The Morgan fingerprint density at radius 1 is 1.25 bits per heavy atom. The van der Waals surface area contributed by atoms with Crippen molar-refractivity contribution in [3.8, 4) is 0 Å². The zero-order chi connectivity index (χ0) is 12.0. The fourth-order valence-electron chi connectivity index (χ4n) is 1.98. The smallest absolute Gasteiger partial charge is 0.0594 e. The summed E-state index contributed by atoms with van der Waals surface area (Å²) in [4.78, 5) is 2.51. The Morgan fingerprint density at radius 2 is 1.88 bits per heavy atom. The van der Waals surface area contributed by atoms with Crippen molar-refractivity contribution in [2.75, 3.05) is 45.9 Å². The van der Waals surface area contributed by atoms with Crippen molar-refractivity contribution in [2.45, 2.75) is 27.7 Å². The summed E-state index contributed by atoms with van der Waals surface area (Å²) in [6.45, 7) is 16.6. The second-order valence-corrected chi connectivity index (χ2v) is 6.21. The van der Waals surface area contributed by atoms with Crippen molar-refractivity contribution in [3.63, 3.8) is 0 Å². The van der Waals surface area contributed by atoms with Crippen molar-refractivity contribution in [2.24, 2.45) is 11.3 Å². The summed E-state index contributed by atoms with van der Waals surface area (Å²) >= 11 is 0. The summed E-state index contributed by atoms with van der Waals surface area (Å²) in [5.74, 6) is 0.723. The number of ether oxygens (including phenoxy) is 1. The average Bonchev–Trinajstić information content (AvgIpc) is 2.17. The van der Waals surface area contributed by atoms with E-state index in [4.69, 9.17) is 4.74 Å². The quantitative estimate of drug-likeness (QED) is 0.773. The van der Waals surface area contributed by atoms with Gasteiger partial charge in [0.1, 0.15) is 0 Å². The van der Waals surface area contributed by atoms with Crippen LogP contribution in [0.5, 0.6) is 0 Å². The SMILES string of the molecule is CC(CNCC(C)(C)C)CN1CCOCC1. The topological polar surface area (TPSA) is 24.5 Å². The van der Waals surface area contributed by atoms with E-state index >= 15 is 0 Å². The predicted octanol–water partition coefficient (Wildman–Crippen LogP) is 1.59. The number of hydrogen-bond donors (Lipinski definition) is 1. The van der Waals surface area contributed by atoms with Crippen LogP contribution < -0.4 is 5.32 Å². The summed E-state index contributed by atoms with van der Waals surface area (Å²) in [6.07, 6.45) is 0. The maximum absolute atomic E-state index is 5.35. The van der Waals surface area contributed by atoms with Crippen LogP contribution in [0.4, 0.5) is 0 Å². The van der Waals surface area contributed by atoms with Crippen molar-refractivity contribution in [3.05, 3.63) is 0 Å². The summed E-state index contributed by atoms with van der Waals surface area (Å²) in [5.41, 5.74) is 0.388. The highest BCUT2D eigenvalue weighted by Crippen LogP contribution is 2.10. The summed E-state index contributed by atoms with van der Waals surface area (Å²) in [7, 11) is 0. The zero-order valence-electron chi connectivity index (χ0n) is 11.4. The maximum atomic E-state index is 5.35. The van der Waals surface area contributed by atoms with Crippen molar-refractivity contribution in [1.29, 1.82) is 0 Å². The highest BCUT2D eigenvalue weighted by atomic mass is 16.5. The lowest BCUT2D eigenvalue weighted by Gasteiger charge is -2.29. The highest BCUT2D eigenvalue weighted by Gasteiger charge is 2.14. The summed E-state index contributed by atoms with van der Waals surface area (Å²) < 4.78 is 5.35. The van der Waals surface area contributed by atoms with Gasteiger partial charge in [-0.05, 0) is 24.4 Å². The Kier molecular flexibility index (Phi) is 5.73. The first-order valence-corrected chi connectivity index (χ1v) is 6.48. The number of morpholine rings is 1. The van der Waals surface area contributed by atoms with Gasteiger partial charge in [-0.25, -0.2) is 0 Å². The van der Waals surface area contributed by atoms with Crippen LogP contribution in [-0.2, 0) is 4.74 Å². The van der Waals surface area contributed by atoms with Gasteiger partial charge in [-0.3, -0.25) is 4.90 Å². The van der Waals surface area contributed by atoms with Crippen LogP contribution >= 0.6 is 0 Å². The molecule has 0 bridgehead atoms. The predicted molar refractivity (Wildman–Crippen MR) is 68.7 cm³/mol. The first-order chi connectivity index (χ1) is 7.47. The van der Waals surface area contributed by atoms with Crippen LogP contribution in [0.3, 0.4) is 0 Å². The van der Waals surface area contributed by atoms with E-state index in [-0.39, 0.29) is 0 Å². The van der Waals surface area contributed by atoms with Crippen molar-refractivity contribution >= 4 is 0 Å². The van der Waals surface area contributed by atoms with Crippen molar-refractivity contribution < 1.29 is 4.74 Å². The Morgan fingerprint density at radius 3 is 2.44 bits per heavy atom. The van der Waals surface area contributed by atoms with E-state index in [1.807, 2.05) is 0 Å². The first kappa shape index (κ1) is 13.9. The number of hydrogen-bond acceptors (Lipinski definition) is 3. The minimum absolute atomic E-state index is 0.388. The van der Waals surface area contributed by atoms with Gasteiger partial charge in [-0.15, -0.1) is 0 Å². The minimum atomic E-state index is 0.388. The lowest BCUT2D eigenvalue weighted by molar-refractivity contribution is 0.0317. The normalized spacial score (nSPS) is 21.0. The first-order valence-electron chi connectivity index (χ1n) is 6.48. The molecule has 1 heterocycles. The van der Waals surface area contributed by atoms with E-state index in [1.54, 1.807) is 0 Å². The Labute approximate surface area is 101 Å². The van der Waals surface area contributed by atoms with Gasteiger partial charge < -0.3 is 10.1 Å². The van der Waals surface area contributed by atoms with Crippen LogP contribution in [0, 0.1) is 11.3 Å². The van der Waals surface area contributed by atoms with Gasteiger partial charge in [0.15, 0.2) is 0 Å². The molecular weight excluding hydrogens is 200 g/mol. The molecule has 0 spiro atoms.